The van der Waals surface area contributed by atoms with Gasteiger partial charge in [-0.1, -0.05) is 0 Å². The molecule has 0 aromatic rings. The van der Waals surface area contributed by atoms with Crippen molar-refractivity contribution in [2.45, 2.75) is 38.6 Å². The summed E-state index contributed by atoms with van der Waals surface area (Å²) in [5.74, 6) is 0.929. The number of rotatable bonds is 1. The molecule has 3 aliphatic carbocycles. The van der Waals surface area contributed by atoms with Crippen molar-refractivity contribution >= 4 is 18.4 Å². The van der Waals surface area contributed by atoms with Crippen LogP contribution in [0.3, 0.4) is 0 Å². The maximum atomic E-state index is 11.7. The summed E-state index contributed by atoms with van der Waals surface area (Å²) in [5.41, 5.74) is 5.77. The van der Waals surface area contributed by atoms with Crippen molar-refractivity contribution in [3.8, 4) is 0 Å². The molecule has 4 heteroatoms. The van der Waals surface area contributed by atoms with Gasteiger partial charge in [-0.05, 0) is 44.4 Å². The fraction of sp³-hybridized carbons (Fsp3) is 0.909. The maximum absolute atomic E-state index is 11.7. The Morgan fingerprint density at radius 1 is 1.47 bits per heavy atom. The van der Waals surface area contributed by atoms with Crippen LogP contribution >= 0.6 is 12.4 Å². The predicted molar refractivity (Wildman–Crippen MR) is 60.8 cm³/mol. The third kappa shape index (κ3) is 1.87. The Hall–Kier alpha value is -0.280. The highest BCUT2D eigenvalue weighted by Gasteiger charge is 2.52. The number of halogens is 1. The Labute approximate surface area is 97.1 Å². The summed E-state index contributed by atoms with van der Waals surface area (Å²) >= 11 is 0. The summed E-state index contributed by atoms with van der Waals surface area (Å²) in [6.45, 7) is 2.04. The van der Waals surface area contributed by atoms with E-state index in [0.717, 1.165) is 19.3 Å². The number of hydrogen-bond acceptors (Lipinski definition) is 3. The Morgan fingerprint density at radius 3 is 2.53 bits per heavy atom. The molecule has 2 N–H and O–H groups in total. The summed E-state index contributed by atoms with van der Waals surface area (Å²) in [4.78, 5) is 11.7. The number of nitrogens with two attached hydrogens (primary N) is 1. The zero-order valence-electron chi connectivity index (χ0n) is 9.36. The average Bonchev–Trinajstić information content (AvgIpc) is 2.19. The van der Waals surface area contributed by atoms with Crippen LogP contribution in [0.15, 0.2) is 0 Å². The fourth-order valence-electron chi connectivity index (χ4n) is 3.29. The summed E-state index contributed by atoms with van der Waals surface area (Å²) in [7, 11) is 1.48. The Balaban J connectivity index is 0.00000112. The van der Waals surface area contributed by atoms with E-state index in [0.29, 0.717) is 17.9 Å². The van der Waals surface area contributed by atoms with Gasteiger partial charge in [-0.15, -0.1) is 12.4 Å². The Morgan fingerprint density at radius 2 is 2.13 bits per heavy atom. The quantitative estimate of drug-likeness (QED) is 0.702. The minimum atomic E-state index is -0.256. The molecule has 2 bridgehead atoms. The van der Waals surface area contributed by atoms with Crippen LogP contribution in [0.5, 0.6) is 0 Å². The van der Waals surface area contributed by atoms with Crippen LogP contribution in [-0.2, 0) is 9.53 Å². The molecule has 3 rings (SSSR count). The molecule has 3 nitrogen and oxygen atoms in total. The Kier molecular flexibility index (Phi) is 3.67. The fourth-order valence-corrected chi connectivity index (χ4v) is 3.29. The number of fused-ring (bicyclic) bond motifs is 3. The van der Waals surface area contributed by atoms with Crippen LogP contribution in [0.2, 0.25) is 0 Å². The second kappa shape index (κ2) is 4.30. The number of carbonyl (C=O) groups excluding carboxylic acids is 1. The van der Waals surface area contributed by atoms with Gasteiger partial charge in [0.15, 0.2) is 0 Å². The van der Waals surface area contributed by atoms with Crippen LogP contribution in [0, 0.1) is 17.3 Å². The number of esters is 1. The van der Waals surface area contributed by atoms with Crippen molar-refractivity contribution in [3.05, 3.63) is 0 Å². The lowest BCUT2D eigenvalue weighted by molar-refractivity contribution is -0.163. The van der Waals surface area contributed by atoms with E-state index in [1.165, 1.54) is 13.5 Å². The lowest BCUT2D eigenvalue weighted by Gasteiger charge is -2.50. The molecule has 88 valence electrons. The highest BCUT2D eigenvalue weighted by molar-refractivity contribution is 5.85. The van der Waals surface area contributed by atoms with Gasteiger partial charge in [0.1, 0.15) is 0 Å². The molecule has 0 spiro atoms. The first kappa shape index (κ1) is 12.8. The number of ether oxygens (including phenoxy) is 1. The Bertz CT molecular complexity index is 259. The summed E-state index contributed by atoms with van der Waals surface area (Å²) in [6, 6.07) is 0.312. The molecule has 4 atom stereocenters. The van der Waals surface area contributed by atoms with Crippen LogP contribution in [-0.4, -0.2) is 19.1 Å². The first-order chi connectivity index (χ1) is 6.58. The van der Waals surface area contributed by atoms with Crippen molar-refractivity contribution in [1.29, 1.82) is 0 Å². The molecule has 0 heterocycles. The van der Waals surface area contributed by atoms with Crippen LogP contribution in [0.25, 0.3) is 0 Å². The van der Waals surface area contributed by atoms with Gasteiger partial charge in [-0.3, -0.25) is 4.79 Å². The molecule has 0 amide bonds. The average molecular weight is 234 g/mol. The maximum Gasteiger partial charge on any atom is 0.311 e. The standard InChI is InChI=1S/C11H19NO2.ClH/c1-11(10(13)14-2)6-7-3-4-8(11)5-9(7)12;/h7-9H,3-6,12H2,1-2H3;1H. The van der Waals surface area contributed by atoms with E-state index in [4.69, 9.17) is 10.5 Å². The van der Waals surface area contributed by atoms with Crippen molar-refractivity contribution in [2.75, 3.05) is 7.11 Å². The van der Waals surface area contributed by atoms with Crippen LogP contribution in [0.1, 0.15) is 32.6 Å². The van der Waals surface area contributed by atoms with E-state index in [9.17, 15) is 4.79 Å². The summed E-state index contributed by atoms with van der Waals surface area (Å²) in [6.07, 6.45) is 4.25. The third-order valence-electron chi connectivity index (χ3n) is 4.29. The largest absolute Gasteiger partial charge is 0.469 e. The van der Waals surface area contributed by atoms with Gasteiger partial charge in [-0.25, -0.2) is 0 Å². The zero-order valence-corrected chi connectivity index (χ0v) is 10.2. The van der Waals surface area contributed by atoms with Gasteiger partial charge in [0.25, 0.3) is 0 Å². The number of methoxy groups -OCH3 is 1. The molecule has 0 aromatic carbocycles. The molecular weight excluding hydrogens is 214 g/mol. The smallest absolute Gasteiger partial charge is 0.311 e. The van der Waals surface area contributed by atoms with Gasteiger partial charge >= 0.3 is 5.97 Å². The van der Waals surface area contributed by atoms with Gasteiger partial charge in [0.05, 0.1) is 12.5 Å². The van der Waals surface area contributed by atoms with E-state index in [2.05, 4.69) is 0 Å². The molecule has 3 saturated carbocycles. The zero-order chi connectivity index (χ0) is 10.3. The van der Waals surface area contributed by atoms with E-state index in [1.807, 2.05) is 6.92 Å². The minimum Gasteiger partial charge on any atom is -0.469 e. The normalized spacial score (nSPS) is 43.3. The van der Waals surface area contributed by atoms with E-state index >= 15 is 0 Å². The minimum absolute atomic E-state index is 0. The van der Waals surface area contributed by atoms with Crippen molar-refractivity contribution in [2.24, 2.45) is 23.0 Å². The molecular formula is C11H20ClNO2. The molecule has 0 saturated heterocycles. The van der Waals surface area contributed by atoms with Crippen molar-refractivity contribution in [1.82, 2.24) is 0 Å². The molecule has 15 heavy (non-hydrogen) atoms. The van der Waals surface area contributed by atoms with Crippen molar-refractivity contribution < 1.29 is 9.53 Å². The second-order valence-electron chi connectivity index (χ2n) is 5.05. The molecule has 3 aliphatic rings. The van der Waals surface area contributed by atoms with E-state index in [1.54, 1.807) is 0 Å². The van der Waals surface area contributed by atoms with Gasteiger partial charge in [-0.2, -0.15) is 0 Å². The lowest BCUT2D eigenvalue weighted by atomic mass is 9.55. The third-order valence-corrected chi connectivity index (χ3v) is 4.29. The highest BCUT2D eigenvalue weighted by atomic mass is 35.5. The van der Waals surface area contributed by atoms with Crippen molar-refractivity contribution in [3.63, 3.8) is 0 Å². The van der Waals surface area contributed by atoms with Crippen LogP contribution in [0.4, 0.5) is 0 Å². The monoisotopic (exact) mass is 233 g/mol. The molecule has 0 aliphatic heterocycles. The van der Waals surface area contributed by atoms with E-state index < -0.39 is 0 Å². The van der Waals surface area contributed by atoms with Gasteiger partial charge in [0, 0.05) is 6.04 Å². The summed E-state index contributed by atoms with van der Waals surface area (Å²) in [5, 5.41) is 0. The molecule has 4 unspecified atom stereocenters. The number of hydrogen-bond donors (Lipinski definition) is 1. The number of carbonyl (C=O) groups is 1. The second-order valence-corrected chi connectivity index (χ2v) is 5.05. The molecule has 0 radical (unpaired) electrons. The van der Waals surface area contributed by atoms with Crippen LogP contribution < -0.4 is 5.73 Å². The van der Waals surface area contributed by atoms with Gasteiger partial charge < -0.3 is 10.5 Å². The first-order valence-electron chi connectivity index (χ1n) is 5.42. The first-order valence-corrected chi connectivity index (χ1v) is 5.42. The van der Waals surface area contributed by atoms with E-state index in [-0.39, 0.29) is 23.8 Å². The highest BCUT2D eigenvalue weighted by Crippen LogP contribution is 2.52. The topological polar surface area (TPSA) is 52.3 Å². The predicted octanol–water partition coefficient (Wildman–Crippen LogP) is 1.73. The molecule has 0 aromatic heterocycles. The summed E-state index contributed by atoms with van der Waals surface area (Å²) < 4.78 is 4.90. The lowest BCUT2D eigenvalue weighted by Crippen LogP contribution is -2.53. The van der Waals surface area contributed by atoms with Gasteiger partial charge in [0.2, 0.25) is 0 Å². The SMILES string of the molecule is COC(=O)C1(C)CC2CCC1CC2N.Cl. The molecule has 3 fully saturated rings.